The number of benzene rings is 3. The highest BCUT2D eigenvalue weighted by Crippen LogP contribution is 2.42. The predicted molar refractivity (Wildman–Crippen MR) is 204 cm³/mol. The molecule has 13 nitrogen and oxygen atoms in total. The van der Waals surface area contributed by atoms with Crippen molar-refractivity contribution in [2.24, 2.45) is 0 Å². The van der Waals surface area contributed by atoms with E-state index in [1.165, 1.54) is 17.0 Å². The Morgan fingerprint density at radius 1 is 0.909 bits per heavy atom. The van der Waals surface area contributed by atoms with Crippen molar-refractivity contribution in [1.82, 2.24) is 25.3 Å². The Hall–Kier alpha value is -5.05. The van der Waals surface area contributed by atoms with Crippen LogP contribution in [0.25, 0.3) is 0 Å². The third kappa shape index (κ3) is 9.61. The zero-order chi connectivity index (χ0) is 39.1. The van der Waals surface area contributed by atoms with Gasteiger partial charge in [-0.1, -0.05) is 54.6 Å². The van der Waals surface area contributed by atoms with E-state index in [-0.39, 0.29) is 75.1 Å². The Morgan fingerprint density at radius 2 is 1.64 bits per heavy atom. The van der Waals surface area contributed by atoms with Gasteiger partial charge in [0.2, 0.25) is 11.8 Å². The summed E-state index contributed by atoms with van der Waals surface area (Å²) in [7, 11) is 0. The third-order valence-corrected chi connectivity index (χ3v) is 10.9. The highest BCUT2D eigenvalue weighted by Gasteiger charge is 2.47. The molecule has 0 spiro atoms. The highest BCUT2D eigenvalue weighted by atomic mass is 19.1. The second-order valence-corrected chi connectivity index (χ2v) is 15.0. The van der Waals surface area contributed by atoms with Crippen LogP contribution in [0.1, 0.15) is 43.0 Å². The van der Waals surface area contributed by atoms with Crippen LogP contribution in [0.5, 0.6) is 0 Å². The van der Waals surface area contributed by atoms with E-state index in [2.05, 4.69) is 27.4 Å². The van der Waals surface area contributed by atoms with Gasteiger partial charge in [0.1, 0.15) is 12.4 Å². The molecule has 3 aliphatic rings. The van der Waals surface area contributed by atoms with Gasteiger partial charge < -0.3 is 35.0 Å². The molecule has 3 N–H and O–H groups in total. The van der Waals surface area contributed by atoms with E-state index in [0.29, 0.717) is 44.0 Å². The molecule has 4 atom stereocenters. The van der Waals surface area contributed by atoms with Crippen LogP contribution in [0.15, 0.2) is 72.8 Å². The van der Waals surface area contributed by atoms with E-state index in [1.807, 2.05) is 62.4 Å². The van der Waals surface area contributed by atoms with E-state index < -0.39 is 17.6 Å². The Bertz CT molecular complexity index is 1830. The van der Waals surface area contributed by atoms with Crippen molar-refractivity contribution >= 4 is 29.7 Å². The Labute approximate surface area is 321 Å². The van der Waals surface area contributed by atoms with Crippen LogP contribution >= 0.6 is 0 Å². The SMILES string of the molecule is CC1COCCN1CC1CN(C(=O)O)C(C)CN1CC(=O)N1CC(C)(C(=O)NCCNC(=O)OCc2ccccc2)c2ccc(Cc3ccc(F)cc3)cc21. The average Bonchev–Trinajstić information content (AvgIpc) is 3.48. The van der Waals surface area contributed by atoms with Gasteiger partial charge >= 0.3 is 12.2 Å². The summed E-state index contributed by atoms with van der Waals surface area (Å²) < 4.78 is 24.6. The van der Waals surface area contributed by atoms with Gasteiger partial charge in [-0.3, -0.25) is 19.4 Å². The lowest BCUT2D eigenvalue weighted by atomic mass is 9.83. The molecule has 0 aromatic heterocycles. The van der Waals surface area contributed by atoms with Crippen LogP contribution in [0.3, 0.4) is 0 Å². The van der Waals surface area contributed by atoms with Crippen LogP contribution < -0.4 is 15.5 Å². The fraction of sp³-hybridized carbons (Fsp3) is 0.463. The maximum atomic E-state index is 14.5. The molecule has 6 rings (SSSR count). The van der Waals surface area contributed by atoms with E-state index in [9.17, 15) is 28.7 Å². The quantitative estimate of drug-likeness (QED) is 0.235. The van der Waals surface area contributed by atoms with Crippen LogP contribution in [-0.2, 0) is 37.5 Å². The number of ether oxygens (including phenoxy) is 2. The first-order valence-electron chi connectivity index (χ1n) is 18.9. The summed E-state index contributed by atoms with van der Waals surface area (Å²) >= 11 is 0. The number of fused-ring (bicyclic) bond motifs is 1. The molecule has 2 saturated heterocycles. The Morgan fingerprint density at radius 3 is 2.36 bits per heavy atom. The number of anilines is 1. The maximum Gasteiger partial charge on any atom is 0.407 e. The summed E-state index contributed by atoms with van der Waals surface area (Å²) in [5.74, 6) is -0.816. The number of rotatable bonds is 12. The van der Waals surface area contributed by atoms with E-state index >= 15 is 0 Å². The van der Waals surface area contributed by atoms with Gasteiger partial charge in [0.25, 0.3) is 0 Å². The zero-order valence-electron chi connectivity index (χ0n) is 31.7. The highest BCUT2D eigenvalue weighted by molar-refractivity contribution is 6.03. The van der Waals surface area contributed by atoms with Gasteiger partial charge in [-0.15, -0.1) is 0 Å². The smallest absolute Gasteiger partial charge is 0.407 e. The second-order valence-electron chi connectivity index (χ2n) is 15.0. The maximum absolute atomic E-state index is 14.5. The molecule has 3 aromatic carbocycles. The summed E-state index contributed by atoms with van der Waals surface area (Å²) in [5, 5.41) is 15.6. The third-order valence-electron chi connectivity index (χ3n) is 10.9. The molecule has 3 aromatic rings. The number of nitrogens with zero attached hydrogens (tertiary/aromatic N) is 4. The predicted octanol–water partition coefficient (Wildman–Crippen LogP) is 3.84. The van der Waals surface area contributed by atoms with Gasteiger partial charge in [0, 0.05) is 69.6 Å². The molecule has 294 valence electrons. The Balaban J connectivity index is 1.18. The van der Waals surface area contributed by atoms with Crippen molar-refractivity contribution in [3.05, 3.63) is 101 Å². The summed E-state index contributed by atoms with van der Waals surface area (Å²) in [5.41, 5.74) is 2.87. The summed E-state index contributed by atoms with van der Waals surface area (Å²) in [6, 6.07) is 20.9. The van der Waals surface area contributed by atoms with Crippen molar-refractivity contribution in [3.63, 3.8) is 0 Å². The minimum absolute atomic E-state index is 0.0372. The molecule has 4 amide bonds. The molecular formula is C41H51FN6O7. The number of carbonyl (C=O) groups excluding carboxylic acids is 3. The van der Waals surface area contributed by atoms with Crippen LogP contribution in [0.4, 0.5) is 19.7 Å². The van der Waals surface area contributed by atoms with Crippen molar-refractivity contribution in [2.75, 3.05) is 70.5 Å². The molecule has 0 bridgehead atoms. The van der Waals surface area contributed by atoms with Gasteiger partial charge in [0.05, 0.1) is 25.2 Å². The first-order chi connectivity index (χ1) is 26.4. The molecule has 2 fully saturated rings. The number of carbonyl (C=O) groups is 4. The van der Waals surface area contributed by atoms with Crippen LogP contribution in [0, 0.1) is 5.82 Å². The normalized spacial score (nSPS) is 22.9. The molecule has 0 saturated carbocycles. The van der Waals surface area contributed by atoms with Crippen LogP contribution in [-0.4, -0.2) is 128 Å². The van der Waals surface area contributed by atoms with E-state index in [0.717, 1.165) is 23.2 Å². The monoisotopic (exact) mass is 758 g/mol. The van der Waals surface area contributed by atoms with Gasteiger partial charge in [-0.2, -0.15) is 0 Å². The number of piperazine rings is 1. The van der Waals surface area contributed by atoms with Gasteiger partial charge in [0.15, 0.2) is 0 Å². The van der Waals surface area contributed by atoms with Crippen molar-refractivity contribution in [3.8, 4) is 0 Å². The number of hydrogen-bond acceptors (Lipinski definition) is 8. The van der Waals surface area contributed by atoms with Crippen molar-refractivity contribution in [2.45, 2.75) is 57.3 Å². The minimum atomic E-state index is -1.11. The molecule has 0 aliphatic carbocycles. The molecule has 4 unspecified atom stereocenters. The Kier molecular flexibility index (Phi) is 12.7. The molecule has 55 heavy (non-hydrogen) atoms. The first-order valence-corrected chi connectivity index (χ1v) is 18.9. The van der Waals surface area contributed by atoms with Crippen LogP contribution in [0.2, 0.25) is 0 Å². The molecule has 14 heteroatoms. The lowest BCUT2D eigenvalue weighted by molar-refractivity contribution is -0.126. The topological polar surface area (TPSA) is 144 Å². The fourth-order valence-electron chi connectivity index (χ4n) is 7.73. The molecular weight excluding hydrogens is 707 g/mol. The number of morpholine rings is 1. The lowest BCUT2D eigenvalue weighted by Gasteiger charge is -2.47. The minimum Gasteiger partial charge on any atom is -0.465 e. The summed E-state index contributed by atoms with van der Waals surface area (Å²) in [4.78, 5) is 60.4. The number of nitrogens with one attached hydrogen (secondary N) is 2. The van der Waals surface area contributed by atoms with Gasteiger partial charge in [-0.05, 0) is 67.6 Å². The first kappa shape index (κ1) is 39.6. The largest absolute Gasteiger partial charge is 0.465 e. The summed E-state index contributed by atoms with van der Waals surface area (Å²) in [6.07, 6.45) is -1.08. The number of halogens is 1. The van der Waals surface area contributed by atoms with Crippen molar-refractivity contribution < 1.29 is 38.1 Å². The lowest BCUT2D eigenvalue weighted by Crippen LogP contribution is -2.64. The fourth-order valence-corrected chi connectivity index (χ4v) is 7.73. The van der Waals surface area contributed by atoms with Crippen molar-refractivity contribution in [1.29, 1.82) is 0 Å². The molecule has 3 aliphatic heterocycles. The zero-order valence-corrected chi connectivity index (χ0v) is 31.7. The second kappa shape index (κ2) is 17.6. The average molecular weight is 759 g/mol. The standard InChI is InChI=1S/C41H51FN6O7/c1-28-21-46(34(23-47(28)40(52)53)22-45-17-18-54-25-29(45)2)24-37(49)48-27-41(3,35-14-11-32(20-36(35)48)19-30-9-12-33(42)13-10-30)38(50)43-15-16-44-39(51)55-26-31-7-5-4-6-8-31/h4-14,20,28-29,34H,15-19,21-27H2,1-3H3,(H,43,50)(H,44,51)(H,52,53). The molecule has 0 radical (unpaired) electrons. The van der Waals surface area contributed by atoms with Gasteiger partial charge in [-0.25, -0.2) is 14.0 Å². The van der Waals surface area contributed by atoms with E-state index in [4.69, 9.17) is 9.47 Å². The number of amides is 4. The molecule has 3 heterocycles. The number of alkyl carbamates (subject to hydrolysis) is 1. The number of hydrogen-bond donors (Lipinski definition) is 3. The number of carboxylic acid groups (broad SMARTS) is 1. The summed E-state index contributed by atoms with van der Waals surface area (Å²) in [6.45, 7) is 9.42. The van der Waals surface area contributed by atoms with E-state index in [1.54, 1.807) is 17.0 Å².